The monoisotopic (exact) mass is 413 g/mol. The summed E-state index contributed by atoms with van der Waals surface area (Å²) < 4.78 is 22.9. The van der Waals surface area contributed by atoms with Crippen molar-refractivity contribution >= 4 is 43.9 Å². The van der Waals surface area contributed by atoms with Gasteiger partial charge < -0.3 is 5.32 Å². The molecule has 0 atom stereocenters. The molecule has 0 fully saturated rings. The second-order valence-corrected chi connectivity index (χ2v) is 8.75. The lowest BCUT2D eigenvalue weighted by Crippen LogP contribution is -2.12. The second kappa shape index (κ2) is 6.82. The highest BCUT2D eigenvalue weighted by molar-refractivity contribution is 7.89. The van der Waals surface area contributed by atoms with Crippen LogP contribution in [0.4, 0.5) is 5.69 Å². The summed E-state index contributed by atoms with van der Waals surface area (Å²) in [5.74, 6) is -0.312. The number of aromatic nitrogens is 3. The Kier molecular flexibility index (Phi) is 4.46. The van der Waals surface area contributed by atoms with Gasteiger partial charge in [-0.3, -0.25) is 9.89 Å². The minimum Gasteiger partial charge on any atom is -0.320 e. The fourth-order valence-corrected chi connectivity index (χ4v) is 3.92. The number of carbonyl (C=O) groups excluding carboxylic acids is 1. The topological polar surface area (TPSA) is 131 Å². The number of nitrogens with two attached hydrogens (primary N) is 1. The molecule has 0 saturated heterocycles. The zero-order valence-electron chi connectivity index (χ0n) is 14.6. The van der Waals surface area contributed by atoms with Gasteiger partial charge in [-0.05, 0) is 42.3 Å². The van der Waals surface area contributed by atoms with Crippen molar-refractivity contribution in [2.75, 3.05) is 5.32 Å². The molecule has 4 N–H and O–H groups in total. The van der Waals surface area contributed by atoms with Crippen LogP contribution in [0.3, 0.4) is 0 Å². The molecule has 0 spiro atoms. The number of benzene rings is 2. The standard InChI is InChI=1S/C18H15N5O3S2/c1-10-21-17(9-27-10)18(24)22-15-6-12(7-16-14(15)8-20-23-16)11-2-4-13(5-3-11)28(19,25)26/h2-9H,1H3,(H,20,23)(H,22,24)(H2,19,25,26). The van der Waals surface area contributed by atoms with Crippen molar-refractivity contribution in [2.45, 2.75) is 11.8 Å². The first-order valence-electron chi connectivity index (χ1n) is 8.15. The predicted molar refractivity (Wildman–Crippen MR) is 108 cm³/mol. The summed E-state index contributed by atoms with van der Waals surface area (Å²) in [5.41, 5.74) is 3.21. The molecule has 142 valence electrons. The third kappa shape index (κ3) is 3.52. The molecule has 0 unspecified atom stereocenters. The van der Waals surface area contributed by atoms with Gasteiger partial charge in [-0.25, -0.2) is 18.5 Å². The first-order valence-corrected chi connectivity index (χ1v) is 10.6. The lowest BCUT2D eigenvalue weighted by Gasteiger charge is -2.09. The summed E-state index contributed by atoms with van der Waals surface area (Å²) in [5, 5.41) is 18.2. The van der Waals surface area contributed by atoms with Gasteiger partial charge >= 0.3 is 0 Å². The highest BCUT2D eigenvalue weighted by Crippen LogP contribution is 2.31. The largest absolute Gasteiger partial charge is 0.320 e. The molecule has 0 saturated carbocycles. The van der Waals surface area contributed by atoms with Gasteiger partial charge in [0.1, 0.15) is 5.69 Å². The average Bonchev–Trinajstić information content (AvgIpc) is 3.30. The van der Waals surface area contributed by atoms with Crippen molar-refractivity contribution in [1.82, 2.24) is 15.2 Å². The first-order chi connectivity index (χ1) is 13.3. The SMILES string of the molecule is Cc1nc(C(=O)Nc2cc(-c3ccc(S(N)(=O)=O)cc3)cc3[nH]ncc23)cs1. The van der Waals surface area contributed by atoms with E-state index in [4.69, 9.17) is 5.14 Å². The Bertz CT molecular complexity index is 1290. The van der Waals surface area contributed by atoms with E-state index < -0.39 is 10.0 Å². The molecule has 0 aliphatic heterocycles. The van der Waals surface area contributed by atoms with Crippen LogP contribution in [0.5, 0.6) is 0 Å². The third-order valence-electron chi connectivity index (χ3n) is 4.17. The fraction of sp³-hybridized carbons (Fsp3) is 0.0556. The molecule has 1 amide bonds. The highest BCUT2D eigenvalue weighted by Gasteiger charge is 2.14. The van der Waals surface area contributed by atoms with Gasteiger partial charge in [0.15, 0.2) is 0 Å². The summed E-state index contributed by atoms with van der Waals surface area (Å²) in [4.78, 5) is 16.8. The summed E-state index contributed by atoms with van der Waals surface area (Å²) in [6.07, 6.45) is 1.63. The number of fused-ring (bicyclic) bond motifs is 1. The molecule has 4 aromatic rings. The van der Waals surface area contributed by atoms with Gasteiger partial charge in [0.2, 0.25) is 10.0 Å². The normalized spacial score (nSPS) is 11.6. The van der Waals surface area contributed by atoms with Crippen LogP contribution in [0, 0.1) is 6.92 Å². The smallest absolute Gasteiger partial charge is 0.275 e. The molecule has 4 rings (SSSR count). The van der Waals surface area contributed by atoms with Gasteiger partial charge in [-0.15, -0.1) is 11.3 Å². The Labute approximate surface area is 164 Å². The number of sulfonamides is 1. The molecular weight excluding hydrogens is 398 g/mol. The molecule has 0 bridgehead atoms. The van der Waals surface area contributed by atoms with E-state index in [1.54, 1.807) is 29.8 Å². The number of H-pyrrole nitrogens is 1. The van der Waals surface area contributed by atoms with E-state index in [0.717, 1.165) is 27.0 Å². The quantitative estimate of drug-likeness (QED) is 0.473. The molecule has 0 aliphatic carbocycles. The molecule has 2 aromatic carbocycles. The number of thiazole rings is 1. The van der Waals surface area contributed by atoms with Crippen molar-refractivity contribution in [2.24, 2.45) is 5.14 Å². The average molecular weight is 413 g/mol. The number of primary sulfonamides is 1. The zero-order valence-corrected chi connectivity index (χ0v) is 16.3. The van der Waals surface area contributed by atoms with Crippen LogP contribution in [0.25, 0.3) is 22.0 Å². The van der Waals surface area contributed by atoms with Crippen molar-refractivity contribution < 1.29 is 13.2 Å². The van der Waals surface area contributed by atoms with Crippen molar-refractivity contribution in [3.63, 3.8) is 0 Å². The maximum Gasteiger partial charge on any atom is 0.275 e. The number of aryl methyl sites for hydroxylation is 1. The van der Waals surface area contributed by atoms with Crippen LogP contribution in [0.1, 0.15) is 15.5 Å². The second-order valence-electron chi connectivity index (χ2n) is 6.13. The summed E-state index contributed by atoms with van der Waals surface area (Å²) in [7, 11) is -3.76. The number of carbonyl (C=O) groups is 1. The Hall–Kier alpha value is -3.08. The van der Waals surface area contributed by atoms with Gasteiger partial charge in [0.25, 0.3) is 5.91 Å². The zero-order chi connectivity index (χ0) is 19.9. The Balaban J connectivity index is 1.74. The van der Waals surface area contributed by atoms with Gasteiger partial charge in [-0.2, -0.15) is 5.10 Å². The first kappa shape index (κ1) is 18.3. The maximum atomic E-state index is 12.5. The minimum absolute atomic E-state index is 0.0336. The van der Waals surface area contributed by atoms with Crippen molar-refractivity contribution in [3.05, 3.63) is 58.7 Å². The van der Waals surface area contributed by atoms with Crippen LogP contribution >= 0.6 is 11.3 Å². The lowest BCUT2D eigenvalue weighted by atomic mass is 10.0. The minimum atomic E-state index is -3.76. The molecule has 28 heavy (non-hydrogen) atoms. The molecule has 2 heterocycles. The molecular formula is C18H15N5O3S2. The number of nitrogens with zero attached hydrogens (tertiary/aromatic N) is 2. The van der Waals surface area contributed by atoms with E-state index in [-0.39, 0.29) is 10.8 Å². The molecule has 2 aromatic heterocycles. The van der Waals surface area contributed by atoms with E-state index >= 15 is 0 Å². The van der Waals surface area contributed by atoms with Crippen LogP contribution in [-0.2, 0) is 10.0 Å². The molecule has 0 aliphatic rings. The molecule has 8 nitrogen and oxygen atoms in total. The maximum absolute atomic E-state index is 12.5. The number of rotatable bonds is 4. The van der Waals surface area contributed by atoms with Crippen LogP contribution in [0.2, 0.25) is 0 Å². The molecule has 10 heteroatoms. The van der Waals surface area contributed by atoms with Crippen LogP contribution in [-0.4, -0.2) is 29.5 Å². The van der Waals surface area contributed by atoms with E-state index in [2.05, 4.69) is 20.5 Å². The van der Waals surface area contributed by atoms with Crippen molar-refractivity contribution in [3.8, 4) is 11.1 Å². The number of hydrogen-bond donors (Lipinski definition) is 3. The Morgan fingerprint density at radius 1 is 1.18 bits per heavy atom. The van der Waals surface area contributed by atoms with E-state index in [0.29, 0.717) is 11.4 Å². The summed E-state index contributed by atoms with van der Waals surface area (Å²) in [6.45, 7) is 1.83. The lowest BCUT2D eigenvalue weighted by molar-refractivity contribution is 0.102. The number of anilines is 1. The highest BCUT2D eigenvalue weighted by atomic mass is 32.2. The Morgan fingerprint density at radius 2 is 1.93 bits per heavy atom. The van der Waals surface area contributed by atoms with Gasteiger partial charge in [0.05, 0.1) is 27.3 Å². The van der Waals surface area contributed by atoms with Gasteiger partial charge in [-0.1, -0.05) is 12.1 Å². The molecule has 0 radical (unpaired) electrons. The van der Waals surface area contributed by atoms with E-state index in [1.165, 1.54) is 23.5 Å². The van der Waals surface area contributed by atoms with Crippen LogP contribution < -0.4 is 10.5 Å². The fourth-order valence-electron chi connectivity index (χ4n) is 2.81. The van der Waals surface area contributed by atoms with Crippen molar-refractivity contribution in [1.29, 1.82) is 0 Å². The van der Waals surface area contributed by atoms with Gasteiger partial charge in [0, 0.05) is 10.8 Å². The number of hydrogen-bond acceptors (Lipinski definition) is 6. The Morgan fingerprint density at radius 3 is 2.57 bits per heavy atom. The van der Waals surface area contributed by atoms with E-state index in [9.17, 15) is 13.2 Å². The predicted octanol–water partition coefficient (Wildman–Crippen LogP) is 2.89. The summed E-state index contributed by atoms with van der Waals surface area (Å²) >= 11 is 1.40. The number of aromatic amines is 1. The summed E-state index contributed by atoms with van der Waals surface area (Å²) in [6, 6.07) is 9.88. The number of amides is 1. The van der Waals surface area contributed by atoms with Crippen LogP contribution in [0.15, 0.2) is 52.9 Å². The third-order valence-corrected chi connectivity index (χ3v) is 5.88. The van der Waals surface area contributed by atoms with E-state index in [1.807, 2.05) is 13.0 Å². The number of nitrogens with one attached hydrogen (secondary N) is 2.